The van der Waals surface area contributed by atoms with Crippen LogP contribution >= 0.6 is 11.6 Å². The molecule has 0 radical (unpaired) electrons. The molecule has 8 heteroatoms. The van der Waals surface area contributed by atoms with E-state index in [1.165, 1.54) is 4.31 Å². The number of aromatic nitrogens is 2. The first kappa shape index (κ1) is 17.4. The molecule has 1 aliphatic rings. The van der Waals surface area contributed by atoms with Gasteiger partial charge in [-0.2, -0.15) is 0 Å². The number of nitrogens with zero attached hydrogens (tertiary/aromatic N) is 4. The number of fused-ring (bicyclic) bond motifs is 1. The summed E-state index contributed by atoms with van der Waals surface area (Å²) in [6.07, 6.45) is 3.12. The van der Waals surface area contributed by atoms with Gasteiger partial charge in [0.1, 0.15) is 12.1 Å². The quantitative estimate of drug-likeness (QED) is 0.829. The fourth-order valence-corrected chi connectivity index (χ4v) is 4.38. The summed E-state index contributed by atoms with van der Waals surface area (Å²) in [6.45, 7) is 3.21. The van der Waals surface area contributed by atoms with Gasteiger partial charge in [0.2, 0.25) is 10.0 Å². The smallest absolute Gasteiger partial charge is 0.213 e. The third kappa shape index (κ3) is 3.34. The summed E-state index contributed by atoms with van der Waals surface area (Å²) in [5, 5.41) is 1.62. The van der Waals surface area contributed by atoms with Gasteiger partial charge in [-0.15, -0.1) is 0 Å². The third-order valence-corrected chi connectivity index (χ3v) is 6.80. The Bertz CT molecular complexity index is 835. The average Bonchev–Trinajstić information content (AvgIpc) is 2.60. The summed E-state index contributed by atoms with van der Waals surface area (Å²) in [7, 11) is -1.46. The maximum atomic E-state index is 12.0. The molecule has 0 saturated carbocycles. The maximum Gasteiger partial charge on any atom is 0.213 e. The van der Waals surface area contributed by atoms with Crippen LogP contribution < -0.4 is 4.90 Å². The predicted octanol–water partition coefficient (Wildman–Crippen LogP) is 2.53. The van der Waals surface area contributed by atoms with Crippen LogP contribution in [0.3, 0.4) is 0 Å². The molecule has 0 aliphatic carbocycles. The monoisotopic (exact) mass is 368 g/mol. The summed E-state index contributed by atoms with van der Waals surface area (Å²) in [5.74, 6) is 1.03. The Morgan fingerprint density at radius 2 is 2.00 bits per heavy atom. The van der Waals surface area contributed by atoms with E-state index < -0.39 is 10.0 Å². The number of sulfonamides is 1. The van der Waals surface area contributed by atoms with Gasteiger partial charge in [-0.3, -0.25) is 0 Å². The standard InChI is InChI=1S/C16H21ClN4O2S/c1-3-24(22,23)20(2)13-6-8-21(9-7-13)16-14-5-4-12(17)10-15(14)18-11-19-16/h4-5,10-11,13H,3,6-9H2,1-2H3. The highest BCUT2D eigenvalue weighted by atomic mass is 35.5. The molecule has 1 fully saturated rings. The van der Waals surface area contributed by atoms with Crippen molar-refractivity contribution < 1.29 is 8.42 Å². The fraction of sp³-hybridized carbons (Fsp3) is 0.500. The molecule has 24 heavy (non-hydrogen) atoms. The van der Waals surface area contributed by atoms with Gasteiger partial charge in [0.25, 0.3) is 0 Å². The Labute approximate surface area is 147 Å². The van der Waals surface area contributed by atoms with E-state index in [1.807, 2.05) is 18.2 Å². The topological polar surface area (TPSA) is 66.4 Å². The van der Waals surface area contributed by atoms with Crippen LogP contribution in [0.15, 0.2) is 24.5 Å². The lowest BCUT2D eigenvalue weighted by atomic mass is 10.0. The summed E-state index contributed by atoms with van der Waals surface area (Å²) >= 11 is 6.03. The SMILES string of the molecule is CCS(=O)(=O)N(C)C1CCN(c2ncnc3cc(Cl)ccc23)CC1. The summed E-state index contributed by atoms with van der Waals surface area (Å²) in [6, 6.07) is 5.66. The zero-order chi connectivity index (χ0) is 17.3. The first-order valence-corrected chi connectivity index (χ1v) is 10.0. The van der Waals surface area contributed by atoms with Crippen LogP contribution in [0.1, 0.15) is 19.8 Å². The number of rotatable bonds is 4. The lowest BCUT2D eigenvalue weighted by molar-refractivity contribution is 0.312. The van der Waals surface area contributed by atoms with Crippen LogP contribution in [0.2, 0.25) is 5.02 Å². The average molecular weight is 369 g/mol. The van der Waals surface area contributed by atoms with E-state index in [2.05, 4.69) is 14.9 Å². The van der Waals surface area contributed by atoms with Crippen molar-refractivity contribution in [1.29, 1.82) is 0 Å². The van der Waals surface area contributed by atoms with Crippen molar-refractivity contribution in [3.8, 4) is 0 Å². The van der Waals surface area contributed by atoms with Gasteiger partial charge in [0.05, 0.1) is 11.3 Å². The molecule has 2 heterocycles. The minimum Gasteiger partial charge on any atom is -0.356 e. The summed E-state index contributed by atoms with van der Waals surface area (Å²) < 4.78 is 25.6. The molecule has 130 valence electrons. The highest BCUT2D eigenvalue weighted by molar-refractivity contribution is 7.89. The molecule has 1 aromatic heterocycles. The molecule has 1 saturated heterocycles. The molecule has 0 unspecified atom stereocenters. The zero-order valence-corrected chi connectivity index (χ0v) is 15.4. The molecule has 0 N–H and O–H groups in total. The number of benzene rings is 1. The van der Waals surface area contributed by atoms with E-state index in [0.717, 1.165) is 42.7 Å². The first-order valence-electron chi connectivity index (χ1n) is 8.03. The normalized spacial score (nSPS) is 16.9. The van der Waals surface area contributed by atoms with E-state index in [9.17, 15) is 8.42 Å². The van der Waals surface area contributed by atoms with Gasteiger partial charge in [-0.25, -0.2) is 22.7 Å². The highest BCUT2D eigenvalue weighted by Crippen LogP contribution is 2.28. The molecule has 0 atom stereocenters. The molecular weight excluding hydrogens is 348 g/mol. The molecule has 1 aromatic carbocycles. The number of hydrogen-bond acceptors (Lipinski definition) is 5. The van der Waals surface area contributed by atoms with Crippen LogP contribution in [0.5, 0.6) is 0 Å². The Morgan fingerprint density at radius 3 is 2.67 bits per heavy atom. The molecular formula is C16H21ClN4O2S. The molecule has 2 aromatic rings. The Balaban J connectivity index is 1.78. The second kappa shape index (κ2) is 6.82. The molecule has 0 spiro atoms. The van der Waals surface area contributed by atoms with Gasteiger partial charge < -0.3 is 4.90 Å². The second-order valence-electron chi connectivity index (χ2n) is 5.99. The van der Waals surface area contributed by atoms with E-state index in [4.69, 9.17) is 11.6 Å². The number of halogens is 1. The van der Waals surface area contributed by atoms with Crippen molar-refractivity contribution >= 4 is 38.3 Å². The molecule has 1 aliphatic heterocycles. The molecule has 6 nitrogen and oxygen atoms in total. The van der Waals surface area contributed by atoms with E-state index in [-0.39, 0.29) is 11.8 Å². The van der Waals surface area contributed by atoms with Crippen molar-refractivity contribution in [2.45, 2.75) is 25.8 Å². The Morgan fingerprint density at radius 1 is 1.29 bits per heavy atom. The zero-order valence-electron chi connectivity index (χ0n) is 13.8. The highest BCUT2D eigenvalue weighted by Gasteiger charge is 2.29. The number of hydrogen-bond donors (Lipinski definition) is 0. The van der Waals surface area contributed by atoms with Crippen molar-refractivity contribution in [2.75, 3.05) is 30.8 Å². The molecule has 0 bridgehead atoms. The van der Waals surface area contributed by atoms with Crippen LogP contribution in [-0.2, 0) is 10.0 Å². The Kier molecular flexibility index (Phi) is 4.94. The minimum atomic E-state index is -3.14. The first-order chi connectivity index (χ1) is 11.4. The van der Waals surface area contributed by atoms with Crippen LogP contribution in [0, 0.1) is 0 Å². The van der Waals surface area contributed by atoms with E-state index in [1.54, 1.807) is 20.3 Å². The Hall–Kier alpha value is -1.44. The number of anilines is 1. The van der Waals surface area contributed by atoms with Gasteiger partial charge in [0, 0.05) is 36.6 Å². The second-order valence-corrected chi connectivity index (χ2v) is 8.75. The summed E-state index contributed by atoms with van der Waals surface area (Å²) in [5.41, 5.74) is 0.820. The lowest BCUT2D eigenvalue weighted by Gasteiger charge is -2.36. The van der Waals surface area contributed by atoms with Crippen LogP contribution in [0.25, 0.3) is 10.9 Å². The van der Waals surface area contributed by atoms with Gasteiger partial charge in [-0.1, -0.05) is 11.6 Å². The van der Waals surface area contributed by atoms with Crippen LogP contribution in [0.4, 0.5) is 5.82 Å². The van der Waals surface area contributed by atoms with E-state index >= 15 is 0 Å². The van der Waals surface area contributed by atoms with Crippen LogP contribution in [-0.4, -0.2) is 54.6 Å². The minimum absolute atomic E-state index is 0.0498. The molecule has 0 amide bonds. The summed E-state index contributed by atoms with van der Waals surface area (Å²) in [4.78, 5) is 10.9. The van der Waals surface area contributed by atoms with Gasteiger partial charge >= 0.3 is 0 Å². The molecule has 3 rings (SSSR count). The van der Waals surface area contributed by atoms with Crippen molar-refractivity contribution in [1.82, 2.24) is 14.3 Å². The van der Waals surface area contributed by atoms with Crippen molar-refractivity contribution in [2.24, 2.45) is 0 Å². The lowest BCUT2D eigenvalue weighted by Crippen LogP contribution is -2.46. The van der Waals surface area contributed by atoms with Gasteiger partial charge in [0.15, 0.2) is 0 Å². The van der Waals surface area contributed by atoms with Crippen molar-refractivity contribution in [3.05, 3.63) is 29.5 Å². The number of piperidine rings is 1. The van der Waals surface area contributed by atoms with E-state index in [0.29, 0.717) is 5.02 Å². The predicted molar refractivity (Wildman–Crippen MR) is 97.0 cm³/mol. The fourth-order valence-electron chi connectivity index (χ4n) is 3.14. The third-order valence-electron chi connectivity index (χ3n) is 4.66. The maximum absolute atomic E-state index is 12.0. The van der Waals surface area contributed by atoms with Gasteiger partial charge in [-0.05, 0) is 38.0 Å². The largest absolute Gasteiger partial charge is 0.356 e. The van der Waals surface area contributed by atoms with Crippen molar-refractivity contribution in [3.63, 3.8) is 0 Å².